The maximum absolute atomic E-state index is 12.3. The van der Waals surface area contributed by atoms with Gasteiger partial charge < -0.3 is 14.8 Å². The van der Waals surface area contributed by atoms with E-state index >= 15 is 0 Å². The van der Waals surface area contributed by atoms with Gasteiger partial charge in [-0.2, -0.15) is 12.7 Å². The van der Waals surface area contributed by atoms with E-state index in [9.17, 15) is 8.42 Å². The summed E-state index contributed by atoms with van der Waals surface area (Å²) in [5.74, 6) is 0.758. The molecule has 118 valence electrons. The quantitative estimate of drug-likeness (QED) is 0.836. The van der Waals surface area contributed by atoms with Crippen LogP contribution in [0.15, 0.2) is 12.1 Å². The number of benzene rings is 1. The molecule has 1 saturated heterocycles. The third-order valence-corrected chi connectivity index (χ3v) is 4.95. The van der Waals surface area contributed by atoms with Gasteiger partial charge in [-0.05, 0) is 6.07 Å². The SMILES string of the molecule is COc1cc(OC)c(NS(=O)(=O)N2CCNCC2)cc1Cl. The molecule has 0 aliphatic carbocycles. The topological polar surface area (TPSA) is 79.9 Å². The summed E-state index contributed by atoms with van der Waals surface area (Å²) in [6.45, 7) is 2.09. The van der Waals surface area contributed by atoms with Crippen LogP contribution in [0.25, 0.3) is 0 Å². The van der Waals surface area contributed by atoms with Crippen LogP contribution in [0.1, 0.15) is 0 Å². The van der Waals surface area contributed by atoms with E-state index in [0.717, 1.165) is 0 Å². The molecule has 1 aromatic rings. The zero-order valence-corrected chi connectivity index (χ0v) is 13.4. The van der Waals surface area contributed by atoms with E-state index in [1.165, 1.54) is 30.7 Å². The first-order chi connectivity index (χ1) is 9.97. The Hall–Kier alpha value is -1.22. The number of nitrogens with one attached hydrogen (secondary N) is 2. The molecule has 0 aromatic heterocycles. The van der Waals surface area contributed by atoms with Crippen molar-refractivity contribution in [1.29, 1.82) is 0 Å². The Balaban J connectivity index is 2.27. The van der Waals surface area contributed by atoms with Crippen molar-refractivity contribution in [2.24, 2.45) is 0 Å². The molecule has 1 heterocycles. The summed E-state index contributed by atoms with van der Waals surface area (Å²) in [5.41, 5.74) is 0.279. The predicted octanol–water partition coefficient (Wildman–Crippen LogP) is 0.919. The lowest BCUT2D eigenvalue weighted by molar-refractivity contribution is 0.362. The molecule has 1 aromatic carbocycles. The maximum Gasteiger partial charge on any atom is 0.301 e. The van der Waals surface area contributed by atoms with Gasteiger partial charge in [0.05, 0.1) is 24.9 Å². The maximum atomic E-state index is 12.3. The molecule has 0 spiro atoms. The van der Waals surface area contributed by atoms with E-state index in [0.29, 0.717) is 42.7 Å². The molecule has 1 aliphatic rings. The molecule has 0 amide bonds. The lowest BCUT2D eigenvalue weighted by atomic mass is 10.3. The summed E-state index contributed by atoms with van der Waals surface area (Å²) in [6.07, 6.45) is 0. The second-order valence-corrected chi connectivity index (χ2v) is 6.52. The summed E-state index contributed by atoms with van der Waals surface area (Å²) in [6, 6.07) is 3.01. The van der Waals surface area contributed by atoms with Crippen molar-refractivity contribution in [3.63, 3.8) is 0 Å². The third kappa shape index (κ3) is 3.70. The average Bonchev–Trinajstić information content (AvgIpc) is 2.48. The van der Waals surface area contributed by atoms with E-state index in [2.05, 4.69) is 10.0 Å². The molecule has 0 unspecified atom stereocenters. The molecule has 0 radical (unpaired) electrons. The van der Waals surface area contributed by atoms with E-state index in [-0.39, 0.29) is 5.69 Å². The van der Waals surface area contributed by atoms with Crippen molar-refractivity contribution < 1.29 is 17.9 Å². The van der Waals surface area contributed by atoms with Crippen molar-refractivity contribution in [3.05, 3.63) is 17.2 Å². The molecular formula is C12H18ClN3O4S. The van der Waals surface area contributed by atoms with Crippen LogP contribution in [0.3, 0.4) is 0 Å². The van der Waals surface area contributed by atoms with Crippen molar-refractivity contribution in [1.82, 2.24) is 9.62 Å². The molecule has 0 bridgehead atoms. The first-order valence-corrected chi connectivity index (χ1v) is 8.20. The van der Waals surface area contributed by atoms with Crippen LogP contribution in [0.2, 0.25) is 5.02 Å². The highest BCUT2D eigenvalue weighted by atomic mass is 35.5. The van der Waals surface area contributed by atoms with Gasteiger partial charge in [0.2, 0.25) is 0 Å². The monoisotopic (exact) mass is 335 g/mol. The lowest BCUT2D eigenvalue weighted by Crippen LogP contribution is -2.48. The molecule has 21 heavy (non-hydrogen) atoms. The van der Waals surface area contributed by atoms with Crippen LogP contribution >= 0.6 is 11.6 Å². The van der Waals surface area contributed by atoms with Crippen molar-refractivity contribution in [3.8, 4) is 11.5 Å². The van der Waals surface area contributed by atoms with Crippen LogP contribution in [0.4, 0.5) is 5.69 Å². The second-order valence-electron chi connectivity index (χ2n) is 4.44. The highest BCUT2D eigenvalue weighted by Crippen LogP contribution is 2.36. The van der Waals surface area contributed by atoms with Gasteiger partial charge in [-0.15, -0.1) is 0 Å². The predicted molar refractivity (Wildman–Crippen MR) is 81.5 cm³/mol. The Labute approximate surface area is 129 Å². The molecular weight excluding hydrogens is 318 g/mol. The normalized spacial score (nSPS) is 16.5. The first kappa shape index (κ1) is 16.2. The standard InChI is InChI=1S/C12H18ClN3O4S/c1-19-11-8-12(20-2)10(7-9(11)13)15-21(17,18)16-5-3-14-4-6-16/h7-8,14-15H,3-6H2,1-2H3. The fourth-order valence-corrected chi connectivity index (χ4v) is 3.50. The number of halogens is 1. The average molecular weight is 336 g/mol. The zero-order chi connectivity index (χ0) is 15.5. The van der Waals surface area contributed by atoms with E-state index in [4.69, 9.17) is 21.1 Å². The number of rotatable bonds is 5. The van der Waals surface area contributed by atoms with Crippen LogP contribution in [0.5, 0.6) is 11.5 Å². The minimum Gasteiger partial charge on any atom is -0.495 e. The number of hydrogen-bond acceptors (Lipinski definition) is 5. The van der Waals surface area contributed by atoms with Gasteiger partial charge >= 0.3 is 10.2 Å². The Kier molecular flexibility index (Phi) is 5.15. The summed E-state index contributed by atoms with van der Waals surface area (Å²) in [7, 11) is -0.714. The molecule has 0 atom stereocenters. The first-order valence-electron chi connectivity index (χ1n) is 6.38. The summed E-state index contributed by atoms with van der Waals surface area (Å²) in [4.78, 5) is 0. The van der Waals surface area contributed by atoms with E-state index in [1.807, 2.05) is 0 Å². The molecule has 2 N–H and O–H groups in total. The fraction of sp³-hybridized carbons (Fsp3) is 0.500. The van der Waals surface area contributed by atoms with E-state index < -0.39 is 10.2 Å². The number of anilines is 1. The lowest BCUT2D eigenvalue weighted by Gasteiger charge is -2.27. The van der Waals surface area contributed by atoms with Crippen molar-refractivity contribution >= 4 is 27.5 Å². The zero-order valence-electron chi connectivity index (χ0n) is 11.8. The van der Waals surface area contributed by atoms with Crippen LogP contribution < -0.4 is 19.5 Å². The molecule has 7 nitrogen and oxygen atoms in total. The van der Waals surface area contributed by atoms with Crippen LogP contribution in [-0.4, -0.2) is 53.1 Å². The minimum atomic E-state index is -3.64. The molecule has 0 saturated carbocycles. The number of hydrogen-bond donors (Lipinski definition) is 2. The smallest absolute Gasteiger partial charge is 0.301 e. The van der Waals surface area contributed by atoms with Crippen molar-refractivity contribution in [2.45, 2.75) is 0 Å². The number of ether oxygens (including phenoxy) is 2. The highest BCUT2D eigenvalue weighted by molar-refractivity contribution is 7.90. The molecule has 1 aliphatic heterocycles. The van der Waals surface area contributed by atoms with E-state index in [1.54, 1.807) is 0 Å². The minimum absolute atomic E-state index is 0.279. The van der Waals surface area contributed by atoms with Gasteiger partial charge in [-0.25, -0.2) is 0 Å². The summed E-state index contributed by atoms with van der Waals surface area (Å²) < 4.78 is 38.8. The van der Waals surface area contributed by atoms with Gasteiger partial charge in [-0.1, -0.05) is 11.6 Å². The fourth-order valence-electron chi connectivity index (χ4n) is 2.03. The Morgan fingerprint density at radius 3 is 2.38 bits per heavy atom. The Morgan fingerprint density at radius 1 is 1.19 bits per heavy atom. The summed E-state index contributed by atoms with van der Waals surface area (Å²) in [5, 5.41) is 3.40. The van der Waals surface area contributed by atoms with Crippen LogP contribution in [0, 0.1) is 0 Å². The number of nitrogens with zero attached hydrogens (tertiary/aromatic N) is 1. The number of piperazine rings is 1. The second kappa shape index (κ2) is 6.69. The number of methoxy groups -OCH3 is 2. The van der Waals surface area contributed by atoms with Gasteiger partial charge in [0.25, 0.3) is 0 Å². The molecule has 9 heteroatoms. The molecule has 1 fully saturated rings. The summed E-state index contributed by atoms with van der Waals surface area (Å²) >= 11 is 6.03. The van der Waals surface area contributed by atoms with Gasteiger partial charge in [-0.3, -0.25) is 4.72 Å². The van der Waals surface area contributed by atoms with Crippen LogP contribution in [-0.2, 0) is 10.2 Å². The van der Waals surface area contributed by atoms with Gasteiger partial charge in [0, 0.05) is 32.2 Å². The highest BCUT2D eigenvalue weighted by Gasteiger charge is 2.25. The Bertz CT molecular complexity index is 603. The van der Waals surface area contributed by atoms with Gasteiger partial charge in [0.1, 0.15) is 11.5 Å². The largest absolute Gasteiger partial charge is 0.495 e. The molecule has 2 rings (SSSR count). The third-order valence-electron chi connectivity index (χ3n) is 3.13. The van der Waals surface area contributed by atoms with Gasteiger partial charge in [0.15, 0.2) is 0 Å². The Morgan fingerprint density at radius 2 is 1.81 bits per heavy atom. The van der Waals surface area contributed by atoms with Crippen molar-refractivity contribution in [2.75, 3.05) is 45.1 Å².